The quantitative estimate of drug-likeness (QED) is 0.914. The number of aliphatic carboxylic acids is 1. The number of aryl methyl sites for hydroxylation is 1. The highest BCUT2D eigenvalue weighted by molar-refractivity contribution is 6.34. The molecule has 98 valence electrons. The van der Waals surface area contributed by atoms with Crippen LogP contribution in [0.25, 0.3) is 0 Å². The fraction of sp³-hybridized carbons (Fsp3) is 0.385. The van der Waals surface area contributed by atoms with Crippen molar-refractivity contribution in [1.29, 1.82) is 0 Å². The molecule has 0 saturated carbocycles. The number of carbonyl (C=O) groups excluding carboxylic acids is 1. The van der Waals surface area contributed by atoms with Gasteiger partial charge < -0.3 is 10.0 Å². The van der Waals surface area contributed by atoms with Crippen molar-refractivity contribution in [3.05, 3.63) is 34.3 Å². The van der Waals surface area contributed by atoms with E-state index in [1.807, 2.05) is 0 Å². The van der Waals surface area contributed by atoms with Crippen LogP contribution in [-0.2, 0) is 4.79 Å². The maximum Gasteiger partial charge on any atom is 0.323 e. The Morgan fingerprint density at radius 2 is 2.00 bits per heavy atom. The highest BCUT2D eigenvalue weighted by atomic mass is 35.5. The van der Waals surface area contributed by atoms with Crippen LogP contribution < -0.4 is 0 Å². The normalized spacial score (nSPS) is 10.5. The summed E-state index contributed by atoms with van der Waals surface area (Å²) in [6.07, 6.45) is 0. The molecule has 0 saturated heterocycles. The van der Waals surface area contributed by atoms with Gasteiger partial charge in [0.2, 0.25) is 0 Å². The van der Waals surface area contributed by atoms with E-state index in [1.54, 1.807) is 39.0 Å². The highest BCUT2D eigenvalue weighted by Gasteiger charge is 2.23. The van der Waals surface area contributed by atoms with E-state index in [0.29, 0.717) is 10.6 Å². The molecule has 0 aliphatic rings. The molecule has 5 heteroatoms. The van der Waals surface area contributed by atoms with Crippen LogP contribution >= 0.6 is 11.6 Å². The summed E-state index contributed by atoms with van der Waals surface area (Å²) in [5.74, 6) is -1.40. The topological polar surface area (TPSA) is 57.6 Å². The maximum absolute atomic E-state index is 12.3. The fourth-order valence-electron chi connectivity index (χ4n) is 1.60. The lowest BCUT2D eigenvalue weighted by atomic mass is 10.1. The molecule has 0 bridgehead atoms. The number of nitrogens with zero attached hydrogens (tertiary/aromatic N) is 1. The first-order chi connectivity index (χ1) is 8.34. The number of carbonyl (C=O) groups is 2. The minimum atomic E-state index is -1.04. The van der Waals surface area contributed by atoms with Crippen LogP contribution in [-0.4, -0.2) is 34.5 Å². The van der Waals surface area contributed by atoms with Gasteiger partial charge in [0.05, 0.1) is 10.6 Å². The van der Waals surface area contributed by atoms with Crippen molar-refractivity contribution in [3.8, 4) is 0 Å². The Morgan fingerprint density at radius 1 is 1.39 bits per heavy atom. The third-order valence-corrected chi connectivity index (χ3v) is 3.11. The number of benzene rings is 1. The van der Waals surface area contributed by atoms with E-state index in [-0.39, 0.29) is 18.5 Å². The molecule has 0 fully saturated rings. The van der Waals surface area contributed by atoms with Crippen LogP contribution in [0.15, 0.2) is 18.2 Å². The second-order valence-electron chi connectivity index (χ2n) is 4.36. The maximum atomic E-state index is 12.3. The number of hydrogen-bond donors (Lipinski definition) is 1. The van der Waals surface area contributed by atoms with E-state index in [1.165, 1.54) is 4.90 Å². The summed E-state index contributed by atoms with van der Waals surface area (Å²) in [5.41, 5.74) is 1.13. The summed E-state index contributed by atoms with van der Waals surface area (Å²) < 4.78 is 0. The van der Waals surface area contributed by atoms with Gasteiger partial charge in [-0.15, -0.1) is 0 Å². The van der Waals surface area contributed by atoms with Gasteiger partial charge in [-0.25, -0.2) is 0 Å². The second kappa shape index (κ2) is 5.87. The number of halogens is 1. The largest absolute Gasteiger partial charge is 0.480 e. The molecule has 1 aromatic carbocycles. The molecule has 1 rings (SSSR count). The van der Waals surface area contributed by atoms with E-state index < -0.39 is 5.97 Å². The summed E-state index contributed by atoms with van der Waals surface area (Å²) in [6, 6.07) is 4.93. The van der Waals surface area contributed by atoms with E-state index in [0.717, 1.165) is 5.56 Å². The van der Waals surface area contributed by atoms with E-state index >= 15 is 0 Å². The molecule has 0 heterocycles. The summed E-state index contributed by atoms with van der Waals surface area (Å²) in [6.45, 7) is 5.01. The summed E-state index contributed by atoms with van der Waals surface area (Å²) >= 11 is 6.08. The van der Waals surface area contributed by atoms with Crippen LogP contribution in [0.2, 0.25) is 5.02 Å². The smallest absolute Gasteiger partial charge is 0.323 e. The molecule has 0 radical (unpaired) electrons. The van der Waals surface area contributed by atoms with Crippen LogP contribution in [0, 0.1) is 6.92 Å². The van der Waals surface area contributed by atoms with Crippen molar-refractivity contribution in [3.63, 3.8) is 0 Å². The summed E-state index contributed by atoms with van der Waals surface area (Å²) in [5, 5.41) is 9.20. The monoisotopic (exact) mass is 269 g/mol. The van der Waals surface area contributed by atoms with Gasteiger partial charge in [-0.05, 0) is 32.4 Å². The van der Waals surface area contributed by atoms with Crippen molar-refractivity contribution in [2.45, 2.75) is 26.8 Å². The number of carboxylic acid groups (broad SMARTS) is 1. The Hall–Kier alpha value is -1.55. The zero-order chi connectivity index (χ0) is 13.9. The van der Waals surface area contributed by atoms with Crippen molar-refractivity contribution in [2.75, 3.05) is 6.54 Å². The lowest BCUT2D eigenvalue weighted by Crippen LogP contribution is -2.40. The van der Waals surface area contributed by atoms with Crippen molar-refractivity contribution < 1.29 is 14.7 Å². The predicted octanol–water partition coefficient (Wildman–Crippen LogP) is 2.58. The van der Waals surface area contributed by atoms with Gasteiger partial charge in [-0.3, -0.25) is 9.59 Å². The van der Waals surface area contributed by atoms with Gasteiger partial charge in [0.25, 0.3) is 5.91 Å². The predicted molar refractivity (Wildman–Crippen MR) is 70.0 cm³/mol. The highest BCUT2D eigenvalue weighted by Crippen LogP contribution is 2.22. The van der Waals surface area contributed by atoms with Gasteiger partial charge in [-0.1, -0.05) is 23.7 Å². The fourth-order valence-corrected chi connectivity index (χ4v) is 1.81. The molecule has 18 heavy (non-hydrogen) atoms. The third-order valence-electron chi connectivity index (χ3n) is 2.61. The minimum Gasteiger partial charge on any atom is -0.480 e. The molecule has 0 aromatic heterocycles. The van der Waals surface area contributed by atoms with E-state index in [4.69, 9.17) is 16.7 Å². The van der Waals surface area contributed by atoms with Gasteiger partial charge in [0.1, 0.15) is 6.54 Å². The van der Waals surface area contributed by atoms with Gasteiger partial charge in [0, 0.05) is 6.04 Å². The zero-order valence-corrected chi connectivity index (χ0v) is 11.4. The lowest BCUT2D eigenvalue weighted by molar-refractivity contribution is -0.138. The standard InChI is InChI=1S/C13H16ClNO3/c1-8(2)15(7-11(16)17)13(18)10-6-4-5-9(3)12(10)14/h4-6,8H,7H2,1-3H3,(H,16,17). The Balaban J connectivity index is 3.10. The molecule has 1 aromatic rings. The molecule has 4 nitrogen and oxygen atoms in total. The van der Waals surface area contributed by atoms with Crippen LogP contribution in [0.3, 0.4) is 0 Å². The molecule has 1 amide bonds. The third kappa shape index (κ3) is 3.23. The van der Waals surface area contributed by atoms with Crippen LogP contribution in [0.4, 0.5) is 0 Å². The Bertz CT molecular complexity index is 471. The van der Waals surface area contributed by atoms with Crippen molar-refractivity contribution >= 4 is 23.5 Å². The van der Waals surface area contributed by atoms with Gasteiger partial charge in [0.15, 0.2) is 0 Å². The molecule has 0 aliphatic heterocycles. The molecule has 0 atom stereocenters. The van der Waals surface area contributed by atoms with Crippen LogP contribution in [0.5, 0.6) is 0 Å². The SMILES string of the molecule is Cc1cccc(C(=O)N(CC(=O)O)C(C)C)c1Cl. The molecular formula is C13H16ClNO3. The number of carboxylic acids is 1. The average Bonchev–Trinajstić information content (AvgIpc) is 2.28. The number of rotatable bonds is 4. The minimum absolute atomic E-state index is 0.204. The van der Waals surface area contributed by atoms with Gasteiger partial charge >= 0.3 is 5.97 Å². The molecular weight excluding hydrogens is 254 g/mol. The Labute approximate surface area is 111 Å². The van der Waals surface area contributed by atoms with Crippen molar-refractivity contribution in [2.24, 2.45) is 0 Å². The first-order valence-electron chi connectivity index (χ1n) is 5.62. The average molecular weight is 270 g/mol. The second-order valence-corrected chi connectivity index (χ2v) is 4.73. The number of hydrogen-bond acceptors (Lipinski definition) is 2. The first-order valence-corrected chi connectivity index (χ1v) is 6.00. The van der Waals surface area contributed by atoms with Crippen molar-refractivity contribution in [1.82, 2.24) is 4.90 Å². The molecule has 0 unspecified atom stereocenters. The lowest BCUT2D eigenvalue weighted by Gasteiger charge is -2.25. The van der Waals surface area contributed by atoms with E-state index in [2.05, 4.69) is 0 Å². The van der Waals surface area contributed by atoms with E-state index in [9.17, 15) is 9.59 Å². The summed E-state index contributed by atoms with van der Waals surface area (Å²) in [7, 11) is 0. The number of amides is 1. The van der Waals surface area contributed by atoms with Gasteiger partial charge in [-0.2, -0.15) is 0 Å². The Kier molecular flexibility index (Phi) is 4.73. The summed E-state index contributed by atoms with van der Waals surface area (Å²) in [4.78, 5) is 24.3. The first kappa shape index (κ1) is 14.5. The zero-order valence-electron chi connectivity index (χ0n) is 10.6. The molecule has 0 aliphatic carbocycles. The molecule has 1 N–H and O–H groups in total. The van der Waals surface area contributed by atoms with Crippen LogP contribution in [0.1, 0.15) is 29.8 Å². The molecule has 0 spiro atoms. The Morgan fingerprint density at radius 3 is 2.50 bits per heavy atom.